The topological polar surface area (TPSA) is 57.0 Å². The zero-order valence-electron chi connectivity index (χ0n) is 12.6. The number of hydrogen-bond acceptors (Lipinski definition) is 4. The lowest BCUT2D eigenvalue weighted by atomic mass is 10.1. The Hall–Kier alpha value is -2.69. The molecule has 22 heavy (non-hydrogen) atoms. The molecule has 5 nitrogen and oxygen atoms in total. The zero-order valence-corrected chi connectivity index (χ0v) is 12.6. The first-order chi connectivity index (χ1) is 10.7. The SMILES string of the molecule is COc1cccc2ncn(C(C)Cc3ccccn3)c(=O)c12. The number of ether oxygens (including phenoxy) is 1. The number of pyridine rings is 1. The van der Waals surface area contributed by atoms with Gasteiger partial charge in [-0.1, -0.05) is 12.1 Å². The smallest absolute Gasteiger partial charge is 0.265 e. The van der Waals surface area contributed by atoms with Gasteiger partial charge in [-0.2, -0.15) is 0 Å². The van der Waals surface area contributed by atoms with Crippen LogP contribution in [0.2, 0.25) is 0 Å². The average molecular weight is 295 g/mol. The number of rotatable bonds is 4. The van der Waals surface area contributed by atoms with Crippen molar-refractivity contribution in [2.75, 3.05) is 7.11 Å². The summed E-state index contributed by atoms with van der Waals surface area (Å²) >= 11 is 0. The minimum Gasteiger partial charge on any atom is -0.496 e. The Morgan fingerprint density at radius 1 is 1.18 bits per heavy atom. The number of nitrogens with zero attached hydrogens (tertiary/aromatic N) is 3. The highest BCUT2D eigenvalue weighted by molar-refractivity contribution is 5.83. The molecule has 112 valence electrons. The second-order valence-electron chi connectivity index (χ2n) is 5.19. The van der Waals surface area contributed by atoms with Gasteiger partial charge >= 0.3 is 0 Å². The molecule has 5 heteroatoms. The van der Waals surface area contributed by atoms with Crippen molar-refractivity contribution < 1.29 is 4.74 Å². The van der Waals surface area contributed by atoms with Crippen LogP contribution in [0.5, 0.6) is 5.75 Å². The lowest BCUT2D eigenvalue weighted by Gasteiger charge is -2.15. The molecule has 0 aliphatic rings. The van der Waals surface area contributed by atoms with Crippen molar-refractivity contribution in [1.82, 2.24) is 14.5 Å². The largest absolute Gasteiger partial charge is 0.496 e. The molecule has 0 aliphatic heterocycles. The first-order valence-corrected chi connectivity index (χ1v) is 7.14. The van der Waals surface area contributed by atoms with Gasteiger partial charge in [-0.3, -0.25) is 14.3 Å². The van der Waals surface area contributed by atoms with Gasteiger partial charge in [-0.15, -0.1) is 0 Å². The third-order valence-electron chi connectivity index (χ3n) is 3.70. The van der Waals surface area contributed by atoms with E-state index in [1.807, 2.05) is 37.3 Å². The van der Waals surface area contributed by atoms with Gasteiger partial charge in [0.2, 0.25) is 0 Å². The molecule has 1 unspecified atom stereocenters. The molecule has 2 aromatic heterocycles. The van der Waals surface area contributed by atoms with E-state index in [1.54, 1.807) is 30.3 Å². The van der Waals surface area contributed by atoms with Gasteiger partial charge in [-0.25, -0.2) is 4.98 Å². The Bertz CT molecular complexity index is 843. The van der Waals surface area contributed by atoms with E-state index >= 15 is 0 Å². The fourth-order valence-electron chi connectivity index (χ4n) is 2.55. The summed E-state index contributed by atoms with van der Waals surface area (Å²) < 4.78 is 6.93. The van der Waals surface area contributed by atoms with E-state index in [-0.39, 0.29) is 11.6 Å². The zero-order chi connectivity index (χ0) is 15.5. The monoisotopic (exact) mass is 295 g/mol. The van der Waals surface area contributed by atoms with Gasteiger partial charge in [0.25, 0.3) is 5.56 Å². The van der Waals surface area contributed by atoms with E-state index in [0.29, 0.717) is 23.1 Å². The summed E-state index contributed by atoms with van der Waals surface area (Å²) in [5, 5.41) is 0.514. The molecule has 0 saturated heterocycles. The molecule has 3 rings (SSSR count). The molecular weight excluding hydrogens is 278 g/mol. The predicted octanol–water partition coefficient (Wildman–Crippen LogP) is 2.60. The number of methoxy groups -OCH3 is 1. The molecule has 2 heterocycles. The molecule has 1 aromatic carbocycles. The first kappa shape index (κ1) is 14.3. The normalized spacial score (nSPS) is 12.3. The molecule has 0 aliphatic carbocycles. The minimum atomic E-state index is -0.0918. The van der Waals surface area contributed by atoms with Gasteiger partial charge in [0.15, 0.2) is 0 Å². The van der Waals surface area contributed by atoms with Crippen LogP contribution in [-0.4, -0.2) is 21.6 Å². The van der Waals surface area contributed by atoms with E-state index in [2.05, 4.69) is 9.97 Å². The second-order valence-corrected chi connectivity index (χ2v) is 5.19. The standard InChI is InChI=1S/C17H17N3O2/c1-12(10-13-6-3-4-9-18-13)20-11-19-14-7-5-8-15(22-2)16(14)17(20)21/h3-9,11-12H,10H2,1-2H3. The summed E-state index contributed by atoms with van der Waals surface area (Å²) in [4.78, 5) is 21.4. The van der Waals surface area contributed by atoms with Crippen molar-refractivity contribution in [3.63, 3.8) is 0 Å². The third-order valence-corrected chi connectivity index (χ3v) is 3.70. The van der Waals surface area contributed by atoms with Crippen LogP contribution in [0.1, 0.15) is 18.7 Å². The Morgan fingerprint density at radius 2 is 2.05 bits per heavy atom. The van der Waals surface area contributed by atoms with Crippen molar-refractivity contribution >= 4 is 10.9 Å². The van der Waals surface area contributed by atoms with Crippen LogP contribution < -0.4 is 10.3 Å². The van der Waals surface area contributed by atoms with Crippen molar-refractivity contribution in [1.29, 1.82) is 0 Å². The van der Waals surface area contributed by atoms with Crippen molar-refractivity contribution in [3.05, 3.63) is 65.0 Å². The van der Waals surface area contributed by atoms with Crippen LogP contribution in [0.25, 0.3) is 10.9 Å². The van der Waals surface area contributed by atoms with Gasteiger partial charge in [0, 0.05) is 24.4 Å². The maximum atomic E-state index is 12.8. The van der Waals surface area contributed by atoms with Crippen molar-refractivity contribution in [2.24, 2.45) is 0 Å². The van der Waals surface area contributed by atoms with Crippen LogP contribution >= 0.6 is 0 Å². The summed E-state index contributed by atoms with van der Waals surface area (Å²) in [5.74, 6) is 0.550. The molecule has 0 radical (unpaired) electrons. The van der Waals surface area contributed by atoms with E-state index in [4.69, 9.17) is 4.74 Å². The highest BCUT2D eigenvalue weighted by Crippen LogP contribution is 2.21. The minimum absolute atomic E-state index is 0.0378. The number of aromatic nitrogens is 3. The fraction of sp³-hybridized carbons (Fsp3) is 0.235. The number of benzene rings is 1. The summed E-state index contributed by atoms with van der Waals surface area (Å²) in [6.07, 6.45) is 4.02. The van der Waals surface area contributed by atoms with Crippen molar-refractivity contribution in [3.8, 4) is 5.75 Å². The van der Waals surface area contributed by atoms with Crippen LogP contribution in [0, 0.1) is 0 Å². The van der Waals surface area contributed by atoms with Crippen molar-refractivity contribution in [2.45, 2.75) is 19.4 Å². The second kappa shape index (κ2) is 5.97. The van der Waals surface area contributed by atoms with Gasteiger partial charge in [0.1, 0.15) is 11.1 Å². The Morgan fingerprint density at radius 3 is 2.77 bits per heavy atom. The summed E-state index contributed by atoms with van der Waals surface area (Å²) in [6.45, 7) is 1.99. The van der Waals surface area contributed by atoms with E-state index in [1.165, 1.54) is 0 Å². The molecule has 0 spiro atoms. The van der Waals surface area contributed by atoms with E-state index < -0.39 is 0 Å². The highest BCUT2D eigenvalue weighted by Gasteiger charge is 2.14. The lowest BCUT2D eigenvalue weighted by Crippen LogP contribution is -2.25. The average Bonchev–Trinajstić information content (AvgIpc) is 2.55. The molecule has 0 N–H and O–H groups in total. The molecule has 1 atom stereocenters. The molecular formula is C17H17N3O2. The van der Waals surface area contributed by atoms with Gasteiger partial charge < -0.3 is 4.74 Å². The maximum absolute atomic E-state index is 12.8. The summed E-state index contributed by atoms with van der Waals surface area (Å²) in [6, 6.07) is 11.2. The Balaban J connectivity index is 2.04. The summed E-state index contributed by atoms with van der Waals surface area (Å²) in [5.41, 5.74) is 1.50. The number of hydrogen-bond donors (Lipinski definition) is 0. The fourth-order valence-corrected chi connectivity index (χ4v) is 2.55. The first-order valence-electron chi connectivity index (χ1n) is 7.14. The maximum Gasteiger partial charge on any atom is 0.265 e. The predicted molar refractivity (Wildman–Crippen MR) is 85.2 cm³/mol. The Labute approximate surface area is 128 Å². The number of fused-ring (bicyclic) bond motifs is 1. The lowest BCUT2D eigenvalue weighted by molar-refractivity contribution is 0.418. The van der Waals surface area contributed by atoms with Crippen LogP contribution in [0.15, 0.2) is 53.7 Å². The molecule has 0 saturated carbocycles. The van der Waals surface area contributed by atoms with Crippen LogP contribution in [0.3, 0.4) is 0 Å². The molecule has 0 bridgehead atoms. The van der Waals surface area contributed by atoms with E-state index in [9.17, 15) is 4.79 Å². The van der Waals surface area contributed by atoms with Gasteiger partial charge in [0.05, 0.1) is 19.0 Å². The van der Waals surface area contributed by atoms with E-state index in [0.717, 1.165) is 5.69 Å². The Kier molecular flexibility index (Phi) is 3.87. The van der Waals surface area contributed by atoms with Gasteiger partial charge in [-0.05, 0) is 31.2 Å². The highest BCUT2D eigenvalue weighted by atomic mass is 16.5. The van der Waals surface area contributed by atoms with Crippen LogP contribution in [-0.2, 0) is 6.42 Å². The summed E-state index contributed by atoms with van der Waals surface area (Å²) in [7, 11) is 1.56. The molecule has 0 fully saturated rings. The molecule has 0 amide bonds. The van der Waals surface area contributed by atoms with Crippen LogP contribution in [0.4, 0.5) is 0 Å². The third kappa shape index (κ3) is 2.57. The molecule has 3 aromatic rings. The quantitative estimate of drug-likeness (QED) is 0.742.